The average Bonchev–Trinajstić information content (AvgIpc) is 2.81. The zero-order valence-corrected chi connectivity index (χ0v) is 9.88. The van der Waals surface area contributed by atoms with Gasteiger partial charge in [0.15, 0.2) is 11.2 Å². The molecule has 0 spiro atoms. The van der Waals surface area contributed by atoms with Crippen molar-refractivity contribution in [2.24, 2.45) is 0 Å². The number of para-hydroxylation sites is 1. The highest BCUT2D eigenvalue weighted by Gasteiger charge is 2.08. The van der Waals surface area contributed by atoms with Gasteiger partial charge in [-0.1, -0.05) is 18.2 Å². The second-order valence-corrected chi connectivity index (χ2v) is 3.93. The number of imidazole rings is 1. The largest absolute Gasteiger partial charge is 0.486 e. The SMILES string of the molecule is Nc1nc2nc(COc3ccccc3)[nH]c2c(=O)[nH]1. The Morgan fingerprint density at radius 3 is 2.74 bits per heavy atom. The number of ether oxygens (including phenoxy) is 1. The minimum absolute atomic E-state index is 0.0412. The van der Waals surface area contributed by atoms with Gasteiger partial charge in [-0.2, -0.15) is 4.98 Å². The van der Waals surface area contributed by atoms with Crippen LogP contribution in [0.25, 0.3) is 11.2 Å². The third-order valence-corrected chi connectivity index (χ3v) is 2.55. The summed E-state index contributed by atoms with van der Waals surface area (Å²) in [6.07, 6.45) is 0. The van der Waals surface area contributed by atoms with Gasteiger partial charge >= 0.3 is 0 Å². The minimum atomic E-state index is -0.346. The molecule has 0 aliphatic heterocycles. The molecule has 0 radical (unpaired) electrons. The zero-order valence-electron chi connectivity index (χ0n) is 9.88. The number of hydrogen-bond donors (Lipinski definition) is 3. The lowest BCUT2D eigenvalue weighted by atomic mass is 10.3. The number of anilines is 1. The van der Waals surface area contributed by atoms with Gasteiger partial charge in [-0.15, -0.1) is 0 Å². The van der Waals surface area contributed by atoms with Crippen LogP contribution in [0.2, 0.25) is 0 Å². The van der Waals surface area contributed by atoms with E-state index in [1.54, 1.807) is 0 Å². The Kier molecular flexibility index (Phi) is 2.64. The maximum absolute atomic E-state index is 11.6. The van der Waals surface area contributed by atoms with Crippen molar-refractivity contribution in [2.75, 3.05) is 5.73 Å². The summed E-state index contributed by atoms with van der Waals surface area (Å²) >= 11 is 0. The molecule has 96 valence electrons. The molecule has 0 atom stereocenters. The molecule has 0 fully saturated rings. The van der Waals surface area contributed by atoms with Crippen molar-refractivity contribution in [2.45, 2.75) is 6.61 Å². The molecule has 4 N–H and O–H groups in total. The fourth-order valence-electron chi connectivity index (χ4n) is 1.71. The Morgan fingerprint density at radius 2 is 1.95 bits per heavy atom. The first-order valence-corrected chi connectivity index (χ1v) is 5.64. The van der Waals surface area contributed by atoms with Crippen molar-refractivity contribution in [1.29, 1.82) is 0 Å². The highest BCUT2D eigenvalue weighted by atomic mass is 16.5. The summed E-state index contributed by atoms with van der Waals surface area (Å²) < 4.78 is 5.53. The summed E-state index contributed by atoms with van der Waals surface area (Å²) in [7, 11) is 0. The minimum Gasteiger partial charge on any atom is -0.486 e. The predicted molar refractivity (Wildman–Crippen MR) is 69.7 cm³/mol. The van der Waals surface area contributed by atoms with Crippen molar-refractivity contribution in [1.82, 2.24) is 19.9 Å². The normalized spacial score (nSPS) is 10.7. The first kappa shape index (κ1) is 11.3. The van der Waals surface area contributed by atoms with Crippen molar-refractivity contribution < 1.29 is 4.74 Å². The molecule has 7 heteroatoms. The van der Waals surface area contributed by atoms with Gasteiger partial charge in [-0.3, -0.25) is 9.78 Å². The van der Waals surface area contributed by atoms with Crippen LogP contribution in [0.15, 0.2) is 35.1 Å². The maximum atomic E-state index is 11.6. The predicted octanol–water partition coefficient (Wildman–Crippen LogP) is 0.807. The standard InChI is InChI=1S/C12H11N5O2/c13-12-16-10-9(11(18)17-12)14-8(15-10)6-19-7-4-2-1-3-5-7/h1-5H,6H2,(H4,13,14,15,16,17,18). The number of benzene rings is 1. The second kappa shape index (κ2) is 4.45. The van der Waals surface area contributed by atoms with Crippen LogP contribution in [0.5, 0.6) is 5.75 Å². The summed E-state index contributed by atoms with van der Waals surface area (Å²) in [6.45, 7) is 0.222. The molecule has 0 saturated heterocycles. The Hall–Kier alpha value is -2.83. The number of rotatable bonds is 3. The molecule has 0 bridgehead atoms. The van der Waals surface area contributed by atoms with Gasteiger partial charge in [-0.05, 0) is 12.1 Å². The number of nitrogen functional groups attached to an aromatic ring is 1. The van der Waals surface area contributed by atoms with E-state index in [0.717, 1.165) is 5.75 Å². The van der Waals surface area contributed by atoms with Gasteiger partial charge in [0.05, 0.1) is 0 Å². The van der Waals surface area contributed by atoms with Crippen LogP contribution < -0.4 is 16.0 Å². The third kappa shape index (κ3) is 2.25. The molecule has 2 heterocycles. The third-order valence-electron chi connectivity index (χ3n) is 2.55. The number of hydrogen-bond acceptors (Lipinski definition) is 5. The van der Waals surface area contributed by atoms with Crippen molar-refractivity contribution in [3.63, 3.8) is 0 Å². The van der Waals surface area contributed by atoms with E-state index in [2.05, 4.69) is 19.9 Å². The van der Waals surface area contributed by atoms with Crippen LogP contribution in [0.3, 0.4) is 0 Å². The highest BCUT2D eigenvalue weighted by molar-refractivity contribution is 5.70. The Morgan fingerprint density at radius 1 is 1.16 bits per heavy atom. The molecule has 7 nitrogen and oxygen atoms in total. The number of nitrogens with two attached hydrogens (primary N) is 1. The van der Waals surface area contributed by atoms with E-state index in [1.165, 1.54) is 0 Å². The molecule has 0 amide bonds. The first-order chi connectivity index (χ1) is 9.22. The van der Waals surface area contributed by atoms with Crippen LogP contribution in [-0.4, -0.2) is 19.9 Å². The van der Waals surface area contributed by atoms with Crippen molar-refractivity contribution in [3.8, 4) is 5.75 Å². The lowest BCUT2D eigenvalue weighted by Gasteiger charge is -2.02. The van der Waals surface area contributed by atoms with Crippen LogP contribution in [0.1, 0.15) is 5.82 Å². The number of aromatic nitrogens is 4. The smallest absolute Gasteiger partial charge is 0.278 e. The number of nitrogens with one attached hydrogen (secondary N) is 2. The molecule has 0 unspecified atom stereocenters. The van der Waals surface area contributed by atoms with E-state index in [4.69, 9.17) is 10.5 Å². The first-order valence-electron chi connectivity index (χ1n) is 5.64. The van der Waals surface area contributed by atoms with Gasteiger partial charge in [0.25, 0.3) is 5.56 Å². The number of fused-ring (bicyclic) bond motifs is 1. The van der Waals surface area contributed by atoms with E-state index in [-0.39, 0.29) is 23.8 Å². The molecule has 3 rings (SSSR count). The number of nitrogens with zero attached hydrogens (tertiary/aromatic N) is 2. The van der Waals surface area contributed by atoms with Crippen LogP contribution in [-0.2, 0) is 6.61 Å². The van der Waals surface area contributed by atoms with Gasteiger partial charge in [0.1, 0.15) is 18.2 Å². The molecule has 2 aromatic heterocycles. The number of aromatic amines is 2. The highest BCUT2D eigenvalue weighted by Crippen LogP contribution is 2.11. The summed E-state index contributed by atoms with van der Waals surface area (Å²) in [5.74, 6) is 1.28. The summed E-state index contributed by atoms with van der Waals surface area (Å²) in [5.41, 5.74) is 5.68. The van der Waals surface area contributed by atoms with Gasteiger partial charge in [0.2, 0.25) is 5.95 Å². The van der Waals surface area contributed by atoms with E-state index in [1.807, 2.05) is 30.3 Å². The van der Waals surface area contributed by atoms with Gasteiger partial charge in [-0.25, -0.2) is 4.98 Å². The van der Waals surface area contributed by atoms with Crippen molar-refractivity contribution >= 4 is 17.1 Å². The average molecular weight is 257 g/mol. The fourth-order valence-corrected chi connectivity index (χ4v) is 1.71. The lowest BCUT2D eigenvalue weighted by Crippen LogP contribution is -2.10. The molecule has 1 aromatic carbocycles. The van der Waals surface area contributed by atoms with Crippen LogP contribution in [0, 0.1) is 0 Å². The molecule has 3 aromatic rings. The molecule has 0 saturated carbocycles. The van der Waals surface area contributed by atoms with Crippen molar-refractivity contribution in [3.05, 3.63) is 46.5 Å². The fraction of sp³-hybridized carbons (Fsp3) is 0.0833. The molecule has 0 aliphatic rings. The van der Waals surface area contributed by atoms with Crippen LogP contribution in [0.4, 0.5) is 5.95 Å². The van der Waals surface area contributed by atoms with E-state index in [9.17, 15) is 4.79 Å². The van der Waals surface area contributed by atoms with E-state index >= 15 is 0 Å². The molecular weight excluding hydrogens is 246 g/mol. The Balaban J connectivity index is 1.86. The van der Waals surface area contributed by atoms with Crippen LogP contribution >= 0.6 is 0 Å². The second-order valence-electron chi connectivity index (χ2n) is 3.93. The summed E-state index contributed by atoms with van der Waals surface area (Å²) in [5, 5.41) is 0. The quantitative estimate of drug-likeness (QED) is 0.643. The maximum Gasteiger partial charge on any atom is 0.278 e. The summed E-state index contributed by atoms with van der Waals surface area (Å²) in [4.78, 5) is 25.0. The Labute approximate surface area is 107 Å². The molecule has 0 aliphatic carbocycles. The van der Waals surface area contributed by atoms with Gasteiger partial charge in [0, 0.05) is 0 Å². The summed E-state index contributed by atoms with van der Waals surface area (Å²) in [6, 6.07) is 9.33. The number of H-pyrrole nitrogens is 2. The zero-order chi connectivity index (χ0) is 13.2. The van der Waals surface area contributed by atoms with Gasteiger partial charge < -0.3 is 15.5 Å². The van der Waals surface area contributed by atoms with E-state index in [0.29, 0.717) is 11.3 Å². The Bertz CT molecular complexity index is 763. The molecule has 19 heavy (non-hydrogen) atoms. The topological polar surface area (TPSA) is 110 Å². The lowest BCUT2D eigenvalue weighted by molar-refractivity contribution is 0.297. The monoisotopic (exact) mass is 257 g/mol. The van der Waals surface area contributed by atoms with E-state index < -0.39 is 0 Å². The molecular formula is C12H11N5O2.